The van der Waals surface area contributed by atoms with Crippen LogP contribution in [0, 0.1) is 0 Å². The summed E-state index contributed by atoms with van der Waals surface area (Å²) < 4.78 is 37.3. The summed E-state index contributed by atoms with van der Waals surface area (Å²) in [5.41, 5.74) is 0.938. The molecule has 0 aliphatic carbocycles. The Hall–Kier alpha value is -2.24. The highest BCUT2D eigenvalue weighted by Crippen LogP contribution is 2.05. The first-order valence-electron chi connectivity index (χ1n) is 13.7. The van der Waals surface area contributed by atoms with Crippen LogP contribution in [0.4, 0.5) is 4.79 Å². The fourth-order valence-corrected chi connectivity index (χ4v) is 3.14. The molecular formula is C28H47NO9. The highest BCUT2D eigenvalue weighted by molar-refractivity contribution is 5.69. The van der Waals surface area contributed by atoms with Gasteiger partial charge in [-0.2, -0.15) is 0 Å². The van der Waals surface area contributed by atoms with Crippen LogP contribution in [-0.4, -0.2) is 91.3 Å². The summed E-state index contributed by atoms with van der Waals surface area (Å²) in [4.78, 5) is 23.2. The van der Waals surface area contributed by atoms with Gasteiger partial charge in [-0.25, -0.2) is 4.79 Å². The Morgan fingerprint density at radius 3 is 1.74 bits per heavy atom. The third-order valence-electron chi connectivity index (χ3n) is 5.19. The van der Waals surface area contributed by atoms with Crippen LogP contribution in [0.1, 0.15) is 51.0 Å². The lowest BCUT2D eigenvalue weighted by molar-refractivity contribution is -0.145. The van der Waals surface area contributed by atoms with Crippen molar-refractivity contribution >= 4 is 12.1 Å². The molecule has 38 heavy (non-hydrogen) atoms. The van der Waals surface area contributed by atoms with Crippen LogP contribution >= 0.6 is 0 Å². The summed E-state index contributed by atoms with van der Waals surface area (Å²) in [7, 11) is 0. The molecule has 0 bridgehead atoms. The average molecular weight is 542 g/mol. The minimum atomic E-state index is -0.469. The van der Waals surface area contributed by atoms with Gasteiger partial charge >= 0.3 is 12.1 Å². The van der Waals surface area contributed by atoms with Crippen molar-refractivity contribution in [3.05, 3.63) is 35.9 Å². The second-order valence-electron chi connectivity index (χ2n) is 8.44. The zero-order valence-electron chi connectivity index (χ0n) is 23.0. The first-order valence-corrected chi connectivity index (χ1v) is 13.7. The van der Waals surface area contributed by atoms with Crippen LogP contribution in [0.5, 0.6) is 0 Å². The summed E-state index contributed by atoms with van der Waals surface area (Å²) in [6.07, 6.45) is 5.59. The Balaban J connectivity index is 1.71. The molecule has 0 radical (unpaired) electrons. The van der Waals surface area contributed by atoms with Gasteiger partial charge in [0.25, 0.3) is 0 Å². The highest BCUT2D eigenvalue weighted by atomic mass is 16.6. The first-order chi connectivity index (χ1) is 18.7. The van der Waals surface area contributed by atoms with Crippen molar-refractivity contribution in [1.29, 1.82) is 0 Å². The van der Waals surface area contributed by atoms with E-state index in [1.54, 1.807) is 0 Å². The number of alkyl carbamates (subject to hydrolysis) is 1. The minimum absolute atomic E-state index is 0.152. The molecular weight excluding hydrogens is 494 g/mol. The van der Waals surface area contributed by atoms with Crippen molar-refractivity contribution in [1.82, 2.24) is 5.32 Å². The maximum atomic E-state index is 11.6. The summed E-state index contributed by atoms with van der Waals surface area (Å²) in [6.45, 7) is 7.49. The Morgan fingerprint density at radius 1 is 0.632 bits per heavy atom. The van der Waals surface area contributed by atoms with Crippen LogP contribution in [0.15, 0.2) is 30.3 Å². The van der Waals surface area contributed by atoms with E-state index in [-0.39, 0.29) is 19.2 Å². The second-order valence-corrected chi connectivity index (χ2v) is 8.44. The zero-order valence-corrected chi connectivity index (χ0v) is 23.0. The maximum Gasteiger partial charge on any atom is 0.407 e. The molecule has 1 aromatic rings. The van der Waals surface area contributed by atoms with E-state index < -0.39 is 6.09 Å². The van der Waals surface area contributed by atoms with E-state index in [2.05, 4.69) is 12.2 Å². The van der Waals surface area contributed by atoms with Crippen molar-refractivity contribution in [3.8, 4) is 0 Å². The van der Waals surface area contributed by atoms with Crippen molar-refractivity contribution in [2.75, 3.05) is 79.2 Å². The van der Waals surface area contributed by atoms with Crippen LogP contribution < -0.4 is 5.32 Å². The first kappa shape index (κ1) is 33.8. The van der Waals surface area contributed by atoms with Gasteiger partial charge in [0.1, 0.15) is 13.2 Å². The van der Waals surface area contributed by atoms with Crippen LogP contribution in [0.3, 0.4) is 0 Å². The van der Waals surface area contributed by atoms with Gasteiger partial charge in [0.15, 0.2) is 0 Å². The Kier molecular flexibility index (Phi) is 23.4. The lowest BCUT2D eigenvalue weighted by atomic mass is 10.1. The summed E-state index contributed by atoms with van der Waals surface area (Å²) in [5, 5.41) is 2.64. The number of hydrogen-bond donors (Lipinski definition) is 1. The predicted molar refractivity (Wildman–Crippen MR) is 143 cm³/mol. The average Bonchev–Trinajstić information content (AvgIpc) is 2.93. The number of carbonyl (C=O) groups excluding carboxylic acids is 2. The third kappa shape index (κ3) is 22.9. The summed E-state index contributed by atoms with van der Waals surface area (Å²) in [5.74, 6) is -0.152. The molecule has 0 saturated carbocycles. The van der Waals surface area contributed by atoms with Gasteiger partial charge in [0.05, 0.1) is 66.1 Å². The number of amides is 1. The number of rotatable bonds is 26. The van der Waals surface area contributed by atoms with Crippen molar-refractivity contribution < 1.29 is 42.7 Å². The maximum absolute atomic E-state index is 11.6. The van der Waals surface area contributed by atoms with Gasteiger partial charge in [-0.1, -0.05) is 62.9 Å². The zero-order chi connectivity index (χ0) is 27.4. The molecule has 0 fully saturated rings. The Labute approximate surface area is 227 Å². The fourth-order valence-electron chi connectivity index (χ4n) is 3.14. The number of esters is 1. The minimum Gasteiger partial charge on any atom is -0.463 e. The van der Waals surface area contributed by atoms with E-state index in [0.29, 0.717) is 79.0 Å². The van der Waals surface area contributed by atoms with Gasteiger partial charge in [-0.05, 0) is 12.0 Å². The predicted octanol–water partition coefficient (Wildman–Crippen LogP) is 3.90. The molecule has 0 unspecified atom stereocenters. The number of benzene rings is 1. The monoisotopic (exact) mass is 541 g/mol. The SMILES string of the molecule is CCCCCCCC(=O)OCCOCCOCCOCCOCCOCCNC(=O)OCc1ccccc1. The smallest absolute Gasteiger partial charge is 0.407 e. The molecule has 1 rings (SSSR count). The molecule has 10 heteroatoms. The molecule has 0 saturated heterocycles. The molecule has 1 amide bonds. The highest BCUT2D eigenvalue weighted by Gasteiger charge is 2.03. The molecule has 0 aromatic heterocycles. The van der Waals surface area contributed by atoms with E-state index in [9.17, 15) is 9.59 Å². The number of carbonyl (C=O) groups is 2. The largest absolute Gasteiger partial charge is 0.463 e. The quantitative estimate of drug-likeness (QED) is 0.138. The third-order valence-corrected chi connectivity index (χ3v) is 5.19. The molecule has 1 N–H and O–H groups in total. The number of hydrogen-bond acceptors (Lipinski definition) is 9. The van der Waals surface area contributed by atoms with Gasteiger partial charge in [0, 0.05) is 13.0 Å². The number of ether oxygens (including phenoxy) is 7. The number of unbranched alkanes of at least 4 members (excludes halogenated alkanes) is 4. The van der Waals surface area contributed by atoms with E-state index in [4.69, 9.17) is 33.2 Å². The molecule has 10 nitrogen and oxygen atoms in total. The molecule has 0 atom stereocenters. The number of nitrogens with one attached hydrogen (secondary N) is 1. The molecule has 0 aliphatic heterocycles. The van der Waals surface area contributed by atoms with Crippen molar-refractivity contribution in [2.24, 2.45) is 0 Å². The normalized spacial score (nSPS) is 10.9. The molecule has 0 spiro atoms. The Morgan fingerprint density at radius 2 is 1.16 bits per heavy atom. The van der Waals surface area contributed by atoms with Gasteiger partial charge in [-0.15, -0.1) is 0 Å². The topological polar surface area (TPSA) is 111 Å². The van der Waals surface area contributed by atoms with Gasteiger partial charge in [-0.3, -0.25) is 4.79 Å². The van der Waals surface area contributed by atoms with Gasteiger partial charge < -0.3 is 38.5 Å². The molecule has 1 aromatic carbocycles. The summed E-state index contributed by atoms with van der Waals surface area (Å²) >= 11 is 0. The standard InChI is InChI=1S/C28H47NO9/c1-2-3-4-5-9-12-27(30)37-24-23-36-22-21-35-20-19-34-18-17-33-16-15-32-14-13-29-28(31)38-25-26-10-7-6-8-11-26/h6-8,10-11H,2-5,9,12-25H2,1H3,(H,29,31). The van der Waals surface area contributed by atoms with Crippen molar-refractivity contribution in [2.45, 2.75) is 52.1 Å². The van der Waals surface area contributed by atoms with Crippen LogP contribution in [0.2, 0.25) is 0 Å². The lowest BCUT2D eigenvalue weighted by Gasteiger charge is -2.09. The lowest BCUT2D eigenvalue weighted by Crippen LogP contribution is -2.28. The molecule has 0 heterocycles. The summed E-state index contributed by atoms with van der Waals surface area (Å²) in [6, 6.07) is 9.50. The van der Waals surface area contributed by atoms with Crippen molar-refractivity contribution in [3.63, 3.8) is 0 Å². The van der Waals surface area contributed by atoms with E-state index in [1.807, 2.05) is 30.3 Å². The van der Waals surface area contributed by atoms with Crippen LogP contribution in [0.25, 0.3) is 0 Å². The van der Waals surface area contributed by atoms with E-state index in [0.717, 1.165) is 18.4 Å². The van der Waals surface area contributed by atoms with E-state index >= 15 is 0 Å². The van der Waals surface area contributed by atoms with E-state index in [1.165, 1.54) is 19.3 Å². The fraction of sp³-hybridized carbons (Fsp3) is 0.714. The molecule has 218 valence electrons. The Bertz CT molecular complexity index is 676. The second kappa shape index (κ2) is 26.4. The van der Waals surface area contributed by atoms with Crippen LogP contribution in [-0.2, 0) is 44.6 Å². The van der Waals surface area contributed by atoms with Gasteiger partial charge in [0.2, 0.25) is 0 Å². The molecule has 0 aliphatic rings.